The lowest BCUT2D eigenvalue weighted by Gasteiger charge is -2.17. The number of benzene rings is 2. The van der Waals surface area contributed by atoms with E-state index in [2.05, 4.69) is 10.6 Å². The fourth-order valence-electron chi connectivity index (χ4n) is 2.13. The molecule has 0 aliphatic carbocycles. The Morgan fingerprint density at radius 3 is 2.48 bits per heavy atom. The lowest BCUT2D eigenvalue weighted by atomic mass is 10.1. The minimum Gasteiger partial charge on any atom is -0.351 e. The van der Waals surface area contributed by atoms with Crippen LogP contribution in [0.2, 0.25) is 5.02 Å². The number of halogens is 1. The first-order valence-electron chi connectivity index (χ1n) is 7.33. The van der Waals surface area contributed by atoms with Crippen LogP contribution >= 0.6 is 11.6 Å². The Morgan fingerprint density at radius 2 is 1.80 bits per heavy atom. The second-order valence-corrected chi connectivity index (χ2v) is 5.67. The van der Waals surface area contributed by atoms with E-state index >= 15 is 0 Å². The van der Waals surface area contributed by atoms with Crippen molar-refractivity contribution >= 4 is 40.8 Å². The number of carbonyl (C=O) groups is 3. The summed E-state index contributed by atoms with van der Waals surface area (Å²) < 4.78 is 0. The number of para-hydroxylation sites is 1. The first-order valence-corrected chi connectivity index (χ1v) is 7.71. The molecule has 4 N–H and O–H groups in total. The van der Waals surface area contributed by atoms with Gasteiger partial charge in [0.05, 0.1) is 17.3 Å². The van der Waals surface area contributed by atoms with Crippen LogP contribution in [-0.4, -0.2) is 36.3 Å². The van der Waals surface area contributed by atoms with Gasteiger partial charge in [-0.15, -0.1) is 0 Å². The van der Waals surface area contributed by atoms with Crippen molar-refractivity contribution in [1.82, 2.24) is 4.90 Å². The number of amides is 4. The molecule has 0 bridgehead atoms. The van der Waals surface area contributed by atoms with Crippen molar-refractivity contribution in [1.29, 1.82) is 0 Å². The maximum absolute atomic E-state index is 12.4. The number of nitrogens with two attached hydrogens (primary N) is 1. The number of rotatable bonds is 5. The number of likely N-dealkylation sites (N-methyl/N-ethyl adjacent to an activating group) is 1. The van der Waals surface area contributed by atoms with E-state index in [9.17, 15) is 14.4 Å². The molecule has 25 heavy (non-hydrogen) atoms. The molecule has 0 aliphatic rings. The highest BCUT2D eigenvalue weighted by Crippen LogP contribution is 2.20. The summed E-state index contributed by atoms with van der Waals surface area (Å²) in [4.78, 5) is 36.6. The molecule has 2 aromatic carbocycles. The van der Waals surface area contributed by atoms with E-state index in [0.29, 0.717) is 22.0 Å². The highest BCUT2D eigenvalue weighted by atomic mass is 35.5. The third kappa shape index (κ3) is 5.22. The van der Waals surface area contributed by atoms with Gasteiger partial charge < -0.3 is 21.3 Å². The molecule has 130 valence electrons. The Bertz CT molecular complexity index is 810. The van der Waals surface area contributed by atoms with E-state index in [0.717, 1.165) is 0 Å². The van der Waals surface area contributed by atoms with Crippen LogP contribution in [0.1, 0.15) is 10.4 Å². The minimum atomic E-state index is -0.725. The normalized spacial score (nSPS) is 10.0. The lowest BCUT2D eigenvalue weighted by molar-refractivity contribution is -0.116. The smallest absolute Gasteiger partial charge is 0.316 e. The summed E-state index contributed by atoms with van der Waals surface area (Å²) in [6, 6.07) is 12.4. The van der Waals surface area contributed by atoms with Gasteiger partial charge in [-0.2, -0.15) is 0 Å². The maximum atomic E-state index is 12.4. The molecule has 0 aromatic heterocycles. The summed E-state index contributed by atoms with van der Waals surface area (Å²) in [5.41, 5.74) is 6.24. The number of carbonyl (C=O) groups excluding carboxylic acids is 3. The lowest BCUT2D eigenvalue weighted by Crippen LogP contribution is -2.35. The quantitative estimate of drug-likeness (QED) is 0.763. The standard InChI is InChI=1S/C17H17ClN4O3/c1-22(10-15(23)21-14-8-3-2-7-13(14)18)16(24)11-5-4-6-12(9-11)20-17(19)25/h2-9H,10H2,1H3,(H,21,23)(H3,19,20,25). The molecule has 0 saturated carbocycles. The van der Waals surface area contributed by atoms with Crippen LogP contribution < -0.4 is 16.4 Å². The predicted octanol–water partition coefficient (Wildman–Crippen LogP) is 2.54. The van der Waals surface area contributed by atoms with E-state index in [1.807, 2.05) is 0 Å². The second kappa shape index (κ2) is 8.16. The molecular weight excluding hydrogens is 344 g/mol. The first-order chi connectivity index (χ1) is 11.9. The van der Waals surface area contributed by atoms with E-state index < -0.39 is 6.03 Å². The number of anilines is 2. The van der Waals surface area contributed by atoms with Crippen molar-refractivity contribution < 1.29 is 14.4 Å². The Labute approximate surface area is 149 Å². The van der Waals surface area contributed by atoms with Crippen LogP contribution in [0.25, 0.3) is 0 Å². The fraction of sp³-hybridized carbons (Fsp3) is 0.118. The number of primary amides is 1. The van der Waals surface area contributed by atoms with Crippen LogP contribution in [0.3, 0.4) is 0 Å². The van der Waals surface area contributed by atoms with Crippen molar-refractivity contribution in [3.63, 3.8) is 0 Å². The topological polar surface area (TPSA) is 105 Å². The van der Waals surface area contributed by atoms with Crippen LogP contribution in [0.5, 0.6) is 0 Å². The van der Waals surface area contributed by atoms with Gasteiger partial charge in [0.2, 0.25) is 5.91 Å². The van der Waals surface area contributed by atoms with Gasteiger partial charge in [0, 0.05) is 18.3 Å². The number of nitrogens with zero attached hydrogens (tertiary/aromatic N) is 1. The van der Waals surface area contributed by atoms with Gasteiger partial charge >= 0.3 is 6.03 Å². The highest BCUT2D eigenvalue weighted by molar-refractivity contribution is 6.33. The zero-order valence-electron chi connectivity index (χ0n) is 13.5. The summed E-state index contributed by atoms with van der Waals surface area (Å²) >= 11 is 5.98. The van der Waals surface area contributed by atoms with E-state index in [1.54, 1.807) is 42.5 Å². The third-order valence-corrected chi connectivity index (χ3v) is 3.58. The van der Waals surface area contributed by atoms with Gasteiger partial charge in [0.15, 0.2) is 0 Å². The molecule has 0 atom stereocenters. The van der Waals surface area contributed by atoms with Gasteiger partial charge in [-0.1, -0.05) is 29.8 Å². The Kier molecular flexibility index (Phi) is 5.97. The molecule has 0 fully saturated rings. The summed E-state index contributed by atoms with van der Waals surface area (Å²) in [6.45, 7) is -0.155. The Morgan fingerprint density at radius 1 is 1.08 bits per heavy atom. The summed E-state index contributed by atoms with van der Waals surface area (Å²) in [5, 5.41) is 5.45. The second-order valence-electron chi connectivity index (χ2n) is 5.26. The first kappa shape index (κ1) is 18.3. The number of hydrogen-bond donors (Lipinski definition) is 3. The van der Waals surface area contributed by atoms with Gasteiger partial charge in [0.1, 0.15) is 0 Å². The molecular formula is C17H17ClN4O3. The molecule has 0 spiro atoms. The third-order valence-electron chi connectivity index (χ3n) is 3.25. The maximum Gasteiger partial charge on any atom is 0.316 e. The number of urea groups is 1. The molecule has 2 aromatic rings. The van der Waals surface area contributed by atoms with Gasteiger partial charge in [-0.05, 0) is 30.3 Å². The van der Waals surface area contributed by atoms with E-state index in [4.69, 9.17) is 17.3 Å². The number of hydrogen-bond acceptors (Lipinski definition) is 3. The largest absolute Gasteiger partial charge is 0.351 e. The van der Waals surface area contributed by atoms with E-state index in [-0.39, 0.29) is 18.4 Å². The van der Waals surface area contributed by atoms with Crippen molar-refractivity contribution in [2.24, 2.45) is 5.73 Å². The van der Waals surface area contributed by atoms with E-state index in [1.165, 1.54) is 18.0 Å². The SMILES string of the molecule is CN(CC(=O)Nc1ccccc1Cl)C(=O)c1cccc(NC(N)=O)c1. The van der Waals surface area contributed by atoms with Crippen LogP contribution in [-0.2, 0) is 4.79 Å². The van der Waals surface area contributed by atoms with Gasteiger partial charge in [-0.3, -0.25) is 9.59 Å². The zero-order valence-corrected chi connectivity index (χ0v) is 14.2. The van der Waals surface area contributed by atoms with Crippen molar-refractivity contribution in [3.05, 3.63) is 59.1 Å². The van der Waals surface area contributed by atoms with Gasteiger partial charge in [0.25, 0.3) is 5.91 Å². The van der Waals surface area contributed by atoms with Crippen molar-refractivity contribution in [2.75, 3.05) is 24.2 Å². The van der Waals surface area contributed by atoms with Crippen molar-refractivity contribution in [3.8, 4) is 0 Å². The molecule has 0 aliphatic heterocycles. The van der Waals surface area contributed by atoms with Crippen LogP contribution in [0.15, 0.2) is 48.5 Å². The molecule has 0 radical (unpaired) electrons. The van der Waals surface area contributed by atoms with Gasteiger partial charge in [-0.25, -0.2) is 4.79 Å². The molecule has 4 amide bonds. The average molecular weight is 361 g/mol. The monoisotopic (exact) mass is 360 g/mol. The minimum absolute atomic E-state index is 0.155. The fourth-order valence-corrected chi connectivity index (χ4v) is 2.32. The summed E-state index contributed by atoms with van der Waals surface area (Å²) in [7, 11) is 1.50. The zero-order chi connectivity index (χ0) is 18.4. The molecule has 0 unspecified atom stereocenters. The molecule has 0 saturated heterocycles. The summed E-state index contributed by atoms with van der Waals surface area (Å²) in [5.74, 6) is -0.752. The Balaban J connectivity index is 2.01. The predicted molar refractivity (Wildman–Crippen MR) is 96.7 cm³/mol. The van der Waals surface area contributed by atoms with Crippen molar-refractivity contribution in [2.45, 2.75) is 0 Å². The molecule has 7 nitrogen and oxygen atoms in total. The molecule has 8 heteroatoms. The van der Waals surface area contributed by atoms with Crippen LogP contribution in [0.4, 0.5) is 16.2 Å². The molecule has 2 rings (SSSR count). The average Bonchev–Trinajstić information content (AvgIpc) is 2.55. The van der Waals surface area contributed by atoms with Crippen LogP contribution in [0, 0.1) is 0 Å². The summed E-state index contributed by atoms with van der Waals surface area (Å²) in [6.07, 6.45) is 0. The number of nitrogens with one attached hydrogen (secondary N) is 2. The highest BCUT2D eigenvalue weighted by Gasteiger charge is 2.16. The molecule has 0 heterocycles. The Hall–Kier alpha value is -3.06.